The van der Waals surface area contributed by atoms with Gasteiger partial charge in [-0.1, -0.05) is 25.2 Å². The molecule has 1 aromatic rings. The fourth-order valence-electron chi connectivity index (χ4n) is 2.09. The first-order valence-corrected chi connectivity index (χ1v) is 10.8. The predicted octanol–water partition coefficient (Wildman–Crippen LogP) is 3.18. The van der Waals surface area contributed by atoms with E-state index in [9.17, 15) is 5.11 Å². The highest BCUT2D eigenvalue weighted by Gasteiger charge is 2.07. The van der Waals surface area contributed by atoms with Gasteiger partial charge >= 0.3 is 0 Å². The molecule has 0 aliphatic rings. The molecule has 0 spiro atoms. The fraction of sp³-hybridized carbons (Fsp3) is 0.565. The Morgan fingerprint density at radius 1 is 1.39 bits per heavy atom. The molecule has 1 atom stereocenters. The second-order valence-corrected chi connectivity index (χ2v) is 8.24. The van der Waals surface area contributed by atoms with Gasteiger partial charge in [0.05, 0.1) is 7.11 Å². The molecule has 0 aromatic carbocycles. The molecule has 0 aliphatic heterocycles. The number of methoxy groups -OCH3 is 1. The van der Waals surface area contributed by atoms with Gasteiger partial charge in [0.2, 0.25) is 5.88 Å². The number of rotatable bonds is 8. The Bertz CT molecular complexity index is 743. The number of nitrogens with zero attached hydrogens (tertiary/aromatic N) is 3. The Morgan fingerprint density at radius 2 is 2.03 bits per heavy atom. The van der Waals surface area contributed by atoms with Crippen molar-refractivity contribution in [2.24, 2.45) is 16.6 Å². The first-order valence-electron chi connectivity index (χ1n) is 10.4. The molecule has 174 valence electrons. The van der Waals surface area contributed by atoms with Crippen molar-refractivity contribution in [1.82, 2.24) is 15.2 Å². The van der Waals surface area contributed by atoms with Crippen molar-refractivity contribution in [2.45, 2.75) is 45.9 Å². The number of ether oxygens (including phenoxy) is 1. The number of aromatic nitrogens is 1. The number of nitrogens with two attached hydrogens (primary N) is 1. The fourth-order valence-corrected chi connectivity index (χ4v) is 2.09. The van der Waals surface area contributed by atoms with Gasteiger partial charge in [-0.15, -0.1) is 11.6 Å². The van der Waals surface area contributed by atoms with Crippen LogP contribution in [0.3, 0.4) is 0 Å². The Balaban J connectivity index is 0.00000206. The first kappa shape index (κ1) is 28.6. The Morgan fingerprint density at radius 3 is 2.48 bits per heavy atom. The van der Waals surface area contributed by atoms with Gasteiger partial charge in [0.25, 0.3) is 0 Å². The number of pyridine rings is 1. The van der Waals surface area contributed by atoms with Crippen molar-refractivity contribution < 1.29 is 9.84 Å². The van der Waals surface area contributed by atoms with E-state index in [-0.39, 0.29) is 12.5 Å². The summed E-state index contributed by atoms with van der Waals surface area (Å²) in [6.07, 6.45) is 3.44. The zero-order chi connectivity index (χ0) is 23.8. The normalized spacial score (nSPS) is 12.6. The number of aliphatic imine (C=N–C) groups is 1. The summed E-state index contributed by atoms with van der Waals surface area (Å²) in [6, 6.07) is 3.62. The van der Waals surface area contributed by atoms with Gasteiger partial charge in [-0.05, 0) is 39.2 Å². The van der Waals surface area contributed by atoms with Crippen LogP contribution in [-0.4, -0.2) is 60.7 Å². The number of guanidine groups is 1. The topological polar surface area (TPSA) is 96.0 Å². The van der Waals surface area contributed by atoms with Crippen LogP contribution >= 0.6 is 11.6 Å². The molecule has 0 amide bonds. The quantitative estimate of drug-likeness (QED) is 0.243. The Labute approximate surface area is 192 Å². The number of alkyl halides is 1. The summed E-state index contributed by atoms with van der Waals surface area (Å²) < 4.78 is 5.05. The van der Waals surface area contributed by atoms with Crippen LogP contribution < -0.4 is 15.8 Å². The minimum Gasteiger partial charge on any atom is -0.481 e. The van der Waals surface area contributed by atoms with E-state index in [1.165, 1.54) is 0 Å². The Hall–Kier alpha value is -2.43. The van der Waals surface area contributed by atoms with Gasteiger partial charge in [-0.25, -0.2) is 4.98 Å². The lowest BCUT2D eigenvalue weighted by molar-refractivity contribution is 0.215. The molecular formula is C23H38ClN5O2. The molecule has 1 rings (SSSR count). The maximum Gasteiger partial charge on any atom is 0.212 e. The third kappa shape index (κ3) is 13.5. The number of hydrogen-bond acceptors (Lipinski definition) is 5. The maximum absolute atomic E-state index is 9.34. The molecule has 0 fully saturated rings. The molecule has 8 heteroatoms. The smallest absolute Gasteiger partial charge is 0.212 e. The van der Waals surface area contributed by atoms with Crippen molar-refractivity contribution in [3.05, 3.63) is 35.3 Å². The molecule has 0 bridgehead atoms. The van der Waals surface area contributed by atoms with E-state index in [1.807, 2.05) is 40.9 Å². The van der Waals surface area contributed by atoms with Gasteiger partial charge in [0.15, 0.2) is 5.96 Å². The number of aliphatic hydroxyl groups is 1. The molecule has 0 aliphatic carbocycles. The van der Waals surface area contributed by atoms with Gasteiger partial charge < -0.3 is 25.8 Å². The summed E-state index contributed by atoms with van der Waals surface area (Å²) in [5.74, 6) is 8.01. The molecule has 0 radical (unpaired) electrons. The van der Waals surface area contributed by atoms with Crippen LogP contribution in [0.1, 0.15) is 46.1 Å². The lowest BCUT2D eigenvalue weighted by Crippen LogP contribution is -2.32. The lowest BCUT2D eigenvalue weighted by atomic mass is 10.0. The molecular weight excluding hydrogens is 414 g/mol. The molecule has 7 nitrogen and oxygen atoms in total. The van der Waals surface area contributed by atoms with Crippen LogP contribution in [0.15, 0.2) is 34.7 Å². The summed E-state index contributed by atoms with van der Waals surface area (Å²) in [6.45, 7) is 8.69. The van der Waals surface area contributed by atoms with E-state index in [1.54, 1.807) is 24.3 Å². The second-order valence-electron chi connectivity index (χ2n) is 7.36. The third-order valence-electron chi connectivity index (χ3n) is 4.06. The minimum absolute atomic E-state index is 0.184. The average molecular weight is 452 g/mol. The van der Waals surface area contributed by atoms with Crippen molar-refractivity contribution in [3.63, 3.8) is 0 Å². The van der Waals surface area contributed by atoms with Gasteiger partial charge in [-0.3, -0.25) is 0 Å². The highest BCUT2D eigenvalue weighted by molar-refractivity contribution is 6.20. The van der Waals surface area contributed by atoms with E-state index in [2.05, 4.69) is 34.1 Å². The summed E-state index contributed by atoms with van der Waals surface area (Å²) in [5.41, 5.74) is 7.52. The van der Waals surface area contributed by atoms with E-state index in [0.29, 0.717) is 29.6 Å². The summed E-state index contributed by atoms with van der Waals surface area (Å²) in [4.78, 5) is 10.3. The number of halogens is 1. The number of nitrogens with one attached hydrogen (secondary N) is 1. The second kappa shape index (κ2) is 16.3. The number of hydrogen-bond donors (Lipinski definition) is 3. The van der Waals surface area contributed by atoms with Crippen LogP contribution in [0.25, 0.3) is 0 Å². The highest BCUT2D eigenvalue weighted by atomic mass is 35.5. The largest absolute Gasteiger partial charge is 0.481 e. The Kier molecular flexibility index (Phi) is 15.0. The SMILES string of the molecule is CC(C)Cl.CCC(CO)CCNC(/N=C(\N)N(C)C)=C(/C)C#Cc1ccc(OC)nc1. The van der Waals surface area contributed by atoms with Gasteiger partial charge in [0, 0.05) is 56.0 Å². The standard InChI is InChI=1S/C20H31N5O2.C3H7Cl/c1-6-16(14-26)11-12-22-19(24-20(21)25(3)4)15(2)7-8-17-9-10-18(27-5)23-13-17;1-3(2)4/h9-10,13,16,22,26H,6,11-12,14H2,1-5H3,(H2,21,24);3H,1-2H3/b19-15+;. The average Bonchev–Trinajstić information content (AvgIpc) is 2.74. The van der Waals surface area contributed by atoms with Crippen LogP contribution in [0.2, 0.25) is 0 Å². The van der Waals surface area contributed by atoms with Crippen molar-refractivity contribution in [1.29, 1.82) is 0 Å². The summed E-state index contributed by atoms with van der Waals surface area (Å²) >= 11 is 5.27. The number of allylic oxidation sites excluding steroid dienone is 1. The summed E-state index contributed by atoms with van der Waals surface area (Å²) in [7, 11) is 5.24. The minimum atomic E-state index is 0.184. The van der Waals surface area contributed by atoms with Crippen LogP contribution in [0, 0.1) is 17.8 Å². The maximum atomic E-state index is 9.34. The van der Waals surface area contributed by atoms with Crippen molar-refractivity contribution in [2.75, 3.05) is 34.4 Å². The zero-order valence-electron chi connectivity index (χ0n) is 19.9. The summed E-state index contributed by atoms with van der Waals surface area (Å²) in [5, 5.41) is 12.9. The third-order valence-corrected chi connectivity index (χ3v) is 4.06. The van der Waals surface area contributed by atoms with E-state index < -0.39 is 0 Å². The van der Waals surface area contributed by atoms with Crippen LogP contribution in [0.5, 0.6) is 5.88 Å². The molecule has 4 N–H and O–H groups in total. The van der Waals surface area contributed by atoms with Crippen molar-refractivity contribution >= 4 is 17.6 Å². The van der Waals surface area contributed by atoms with Crippen LogP contribution in [0.4, 0.5) is 0 Å². The highest BCUT2D eigenvalue weighted by Crippen LogP contribution is 2.09. The molecule has 0 saturated heterocycles. The van der Waals surface area contributed by atoms with Gasteiger partial charge in [-0.2, -0.15) is 4.99 Å². The monoisotopic (exact) mass is 451 g/mol. The van der Waals surface area contributed by atoms with E-state index in [4.69, 9.17) is 22.1 Å². The molecule has 31 heavy (non-hydrogen) atoms. The molecule has 1 heterocycles. The van der Waals surface area contributed by atoms with Crippen LogP contribution in [-0.2, 0) is 0 Å². The zero-order valence-corrected chi connectivity index (χ0v) is 20.6. The molecule has 0 saturated carbocycles. The van der Waals surface area contributed by atoms with Gasteiger partial charge in [0.1, 0.15) is 5.82 Å². The molecule has 1 unspecified atom stereocenters. The predicted molar refractivity (Wildman–Crippen MR) is 130 cm³/mol. The molecule has 1 aromatic heterocycles. The lowest BCUT2D eigenvalue weighted by Gasteiger charge is -2.16. The first-order chi connectivity index (χ1) is 14.6. The van der Waals surface area contributed by atoms with Crippen molar-refractivity contribution in [3.8, 4) is 17.7 Å². The van der Waals surface area contributed by atoms with E-state index in [0.717, 1.165) is 24.0 Å². The number of aliphatic hydroxyl groups excluding tert-OH is 1. The van der Waals surface area contributed by atoms with E-state index >= 15 is 0 Å².